The zero-order valence-corrected chi connectivity index (χ0v) is 13.0. The van der Waals surface area contributed by atoms with Crippen molar-refractivity contribution < 1.29 is 14.3 Å². The van der Waals surface area contributed by atoms with E-state index >= 15 is 0 Å². The smallest absolute Gasteiger partial charge is 0.188 e. The second-order valence-electron chi connectivity index (χ2n) is 5.33. The molecule has 0 saturated carbocycles. The minimum Gasteiger partial charge on any atom is -0.466 e. The molecule has 3 nitrogen and oxygen atoms in total. The van der Waals surface area contributed by atoms with Gasteiger partial charge < -0.3 is 9.47 Å². The number of hydrogen-bond acceptors (Lipinski definition) is 3. The molecular weight excluding hydrogens is 288 g/mol. The zero-order chi connectivity index (χ0) is 16.1. The van der Waals surface area contributed by atoms with Crippen LogP contribution in [0.4, 0.5) is 0 Å². The molecule has 0 fully saturated rings. The SMILES string of the molecule is COCOc1c(C=O)ccc2cccc(Cc3ccccc3)c12. The summed E-state index contributed by atoms with van der Waals surface area (Å²) in [7, 11) is 1.57. The minimum atomic E-state index is 0.111. The molecule has 0 heterocycles. The quantitative estimate of drug-likeness (QED) is 0.505. The molecule has 3 aromatic rings. The van der Waals surface area contributed by atoms with Crippen LogP contribution in [0.5, 0.6) is 5.75 Å². The maximum Gasteiger partial charge on any atom is 0.188 e. The number of rotatable bonds is 6. The van der Waals surface area contributed by atoms with Gasteiger partial charge in [0.25, 0.3) is 0 Å². The third-order valence-electron chi connectivity index (χ3n) is 3.80. The summed E-state index contributed by atoms with van der Waals surface area (Å²) < 4.78 is 10.7. The molecule has 3 heteroatoms. The van der Waals surface area contributed by atoms with Crippen molar-refractivity contribution in [1.82, 2.24) is 0 Å². The molecule has 0 saturated heterocycles. The lowest BCUT2D eigenvalue weighted by Gasteiger charge is -2.14. The predicted molar refractivity (Wildman–Crippen MR) is 91.1 cm³/mol. The Morgan fingerprint density at radius 1 is 0.957 bits per heavy atom. The number of ether oxygens (including phenoxy) is 2. The topological polar surface area (TPSA) is 35.5 Å². The number of carbonyl (C=O) groups excluding carboxylic acids is 1. The van der Waals surface area contributed by atoms with Crippen LogP contribution in [-0.4, -0.2) is 20.2 Å². The van der Waals surface area contributed by atoms with Gasteiger partial charge in [-0.25, -0.2) is 0 Å². The Hall–Kier alpha value is -2.65. The van der Waals surface area contributed by atoms with Crippen LogP contribution in [0.15, 0.2) is 60.7 Å². The number of benzene rings is 3. The third-order valence-corrected chi connectivity index (χ3v) is 3.80. The Morgan fingerprint density at radius 2 is 1.78 bits per heavy atom. The fourth-order valence-electron chi connectivity index (χ4n) is 2.76. The van der Waals surface area contributed by atoms with E-state index in [1.165, 1.54) is 5.56 Å². The van der Waals surface area contributed by atoms with Gasteiger partial charge in [-0.05, 0) is 29.0 Å². The van der Waals surface area contributed by atoms with Crippen molar-refractivity contribution in [3.05, 3.63) is 77.4 Å². The van der Waals surface area contributed by atoms with Crippen molar-refractivity contribution >= 4 is 17.1 Å². The van der Waals surface area contributed by atoms with Gasteiger partial charge in [-0.3, -0.25) is 4.79 Å². The molecule has 0 spiro atoms. The number of hydrogen-bond donors (Lipinski definition) is 0. The van der Waals surface area contributed by atoms with Gasteiger partial charge in [0.1, 0.15) is 5.75 Å². The number of methoxy groups -OCH3 is 1. The summed E-state index contributed by atoms with van der Waals surface area (Å²) >= 11 is 0. The number of carbonyl (C=O) groups is 1. The van der Waals surface area contributed by atoms with E-state index in [9.17, 15) is 4.79 Å². The largest absolute Gasteiger partial charge is 0.466 e. The molecule has 0 bridgehead atoms. The van der Waals surface area contributed by atoms with Crippen molar-refractivity contribution in [2.45, 2.75) is 6.42 Å². The van der Waals surface area contributed by atoms with Gasteiger partial charge in [0.15, 0.2) is 13.1 Å². The van der Waals surface area contributed by atoms with E-state index in [2.05, 4.69) is 18.2 Å². The van der Waals surface area contributed by atoms with Gasteiger partial charge >= 0.3 is 0 Å². The molecule has 116 valence electrons. The molecule has 0 amide bonds. The second-order valence-corrected chi connectivity index (χ2v) is 5.33. The Balaban J connectivity index is 2.15. The third kappa shape index (κ3) is 3.25. The van der Waals surface area contributed by atoms with E-state index in [0.717, 1.165) is 29.0 Å². The highest BCUT2D eigenvalue weighted by Gasteiger charge is 2.13. The van der Waals surface area contributed by atoms with Crippen LogP contribution in [0.1, 0.15) is 21.5 Å². The fourth-order valence-corrected chi connectivity index (χ4v) is 2.76. The average Bonchev–Trinajstić information content (AvgIpc) is 2.60. The molecule has 0 N–H and O–H groups in total. The van der Waals surface area contributed by atoms with E-state index < -0.39 is 0 Å². The predicted octanol–water partition coefficient (Wildman–Crippen LogP) is 4.23. The normalized spacial score (nSPS) is 10.7. The summed E-state index contributed by atoms with van der Waals surface area (Å²) in [4.78, 5) is 11.4. The summed E-state index contributed by atoms with van der Waals surface area (Å²) in [5.74, 6) is 0.589. The van der Waals surface area contributed by atoms with E-state index in [0.29, 0.717) is 11.3 Å². The van der Waals surface area contributed by atoms with Crippen LogP contribution < -0.4 is 4.74 Å². The molecule has 0 aliphatic rings. The zero-order valence-electron chi connectivity index (χ0n) is 13.0. The molecule has 23 heavy (non-hydrogen) atoms. The maximum absolute atomic E-state index is 11.4. The van der Waals surface area contributed by atoms with Gasteiger partial charge in [0.2, 0.25) is 0 Å². The molecule has 0 aliphatic heterocycles. The first-order chi connectivity index (χ1) is 11.3. The van der Waals surface area contributed by atoms with Gasteiger partial charge in [0, 0.05) is 12.5 Å². The summed E-state index contributed by atoms with van der Waals surface area (Å²) in [6, 6.07) is 20.1. The first-order valence-electron chi connectivity index (χ1n) is 7.49. The number of fused-ring (bicyclic) bond motifs is 1. The van der Waals surface area contributed by atoms with Crippen LogP contribution in [0, 0.1) is 0 Å². The molecule has 0 unspecified atom stereocenters. The highest BCUT2D eigenvalue weighted by molar-refractivity contribution is 5.98. The minimum absolute atomic E-state index is 0.111. The number of aldehydes is 1. The monoisotopic (exact) mass is 306 g/mol. The van der Waals surface area contributed by atoms with Crippen molar-refractivity contribution in [3.8, 4) is 5.75 Å². The lowest BCUT2D eigenvalue weighted by molar-refractivity contribution is 0.0516. The fraction of sp³-hybridized carbons (Fsp3) is 0.150. The van der Waals surface area contributed by atoms with Crippen LogP contribution >= 0.6 is 0 Å². The average molecular weight is 306 g/mol. The van der Waals surface area contributed by atoms with Crippen LogP contribution in [-0.2, 0) is 11.2 Å². The molecule has 0 atom stereocenters. The summed E-state index contributed by atoms with van der Waals surface area (Å²) in [5, 5.41) is 2.02. The summed E-state index contributed by atoms with van der Waals surface area (Å²) in [6.45, 7) is 0.111. The molecule has 3 aromatic carbocycles. The van der Waals surface area contributed by atoms with Crippen LogP contribution in [0.25, 0.3) is 10.8 Å². The van der Waals surface area contributed by atoms with Gasteiger partial charge in [-0.15, -0.1) is 0 Å². The first-order valence-corrected chi connectivity index (χ1v) is 7.49. The van der Waals surface area contributed by atoms with E-state index in [4.69, 9.17) is 9.47 Å². The van der Waals surface area contributed by atoms with Crippen molar-refractivity contribution in [3.63, 3.8) is 0 Å². The maximum atomic E-state index is 11.4. The summed E-state index contributed by atoms with van der Waals surface area (Å²) in [5.41, 5.74) is 2.88. The standard InChI is InChI=1S/C20H18O3/c1-22-14-23-20-18(13-21)11-10-16-8-5-9-17(19(16)20)12-15-6-3-2-4-7-15/h2-11,13H,12,14H2,1H3. The molecule has 0 aliphatic carbocycles. The Kier molecular flexibility index (Phi) is 4.69. The van der Waals surface area contributed by atoms with Crippen LogP contribution in [0.2, 0.25) is 0 Å². The molecular formula is C20H18O3. The van der Waals surface area contributed by atoms with E-state index in [1.54, 1.807) is 13.2 Å². The van der Waals surface area contributed by atoms with Crippen molar-refractivity contribution in [2.75, 3.05) is 13.9 Å². The molecule has 3 rings (SSSR count). The first kappa shape index (κ1) is 15.3. The highest BCUT2D eigenvalue weighted by atomic mass is 16.7. The highest BCUT2D eigenvalue weighted by Crippen LogP contribution is 2.33. The second kappa shape index (κ2) is 7.07. The van der Waals surface area contributed by atoms with Crippen LogP contribution in [0.3, 0.4) is 0 Å². The van der Waals surface area contributed by atoms with Gasteiger partial charge in [0.05, 0.1) is 5.56 Å². The molecule has 0 radical (unpaired) electrons. The summed E-state index contributed by atoms with van der Waals surface area (Å²) in [6.07, 6.45) is 1.60. The van der Waals surface area contributed by atoms with Gasteiger partial charge in [-0.2, -0.15) is 0 Å². The van der Waals surface area contributed by atoms with Crippen molar-refractivity contribution in [1.29, 1.82) is 0 Å². The van der Waals surface area contributed by atoms with E-state index in [-0.39, 0.29) is 6.79 Å². The molecule has 0 aromatic heterocycles. The Bertz CT molecular complexity index is 810. The van der Waals surface area contributed by atoms with Gasteiger partial charge in [-0.1, -0.05) is 54.6 Å². The van der Waals surface area contributed by atoms with Crippen molar-refractivity contribution in [2.24, 2.45) is 0 Å². The Labute approximate surface area is 135 Å². The Morgan fingerprint density at radius 3 is 2.52 bits per heavy atom. The lowest BCUT2D eigenvalue weighted by atomic mass is 9.96. The lowest BCUT2D eigenvalue weighted by Crippen LogP contribution is -2.03. The van der Waals surface area contributed by atoms with E-state index in [1.807, 2.05) is 36.4 Å².